The Bertz CT molecular complexity index is 1500. The summed E-state index contributed by atoms with van der Waals surface area (Å²) < 4.78 is 2.71. The quantitative estimate of drug-likeness (QED) is 0.269. The zero-order chi connectivity index (χ0) is 22.5. The molecule has 0 bridgehead atoms. The predicted octanol–water partition coefficient (Wildman–Crippen LogP) is 9.09. The van der Waals surface area contributed by atoms with Gasteiger partial charge in [0.2, 0.25) is 0 Å². The minimum Gasteiger partial charge on any atom is -0.256 e. The van der Waals surface area contributed by atoms with E-state index in [4.69, 9.17) is 4.98 Å². The molecule has 2 heterocycles. The molecule has 1 nitrogen and oxygen atoms in total. The molecule has 0 radical (unpaired) electrons. The number of hydrogen-bond donors (Lipinski definition) is 0. The van der Waals surface area contributed by atoms with Gasteiger partial charge in [0.25, 0.3) is 0 Å². The topological polar surface area (TPSA) is 12.9 Å². The fraction of sp³-hybridized carbons (Fsp3) is 0.258. The number of thiophene rings is 1. The van der Waals surface area contributed by atoms with Crippen molar-refractivity contribution in [2.75, 3.05) is 0 Å². The molecule has 0 amide bonds. The van der Waals surface area contributed by atoms with Gasteiger partial charge >= 0.3 is 0 Å². The van der Waals surface area contributed by atoms with E-state index in [0.29, 0.717) is 5.92 Å². The van der Waals surface area contributed by atoms with Gasteiger partial charge in [0.1, 0.15) is 0 Å². The largest absolute Gasteiger partial charge is 0.256 e. The molecular formula is C31H29NS. The van der Waals surface area contributed by atoms with Gasteiger partial charge < -0.3 is 0 Å². The lowest BCUT2D eigenvalue weighted by Gasteiger charge is -2.19. The Morgan fingerprint density at radius 3 is 2.55 bits per heavy atom. The van der Waals surface area contributed by atoms with E-state index in [-0.39, 0.29) is 0 Å². The average molecular weight is 448 g/mol. The summed E-state index contributed by atoms with van der Waals surface area (Å²) >= 11 is 1.90. The molecule has 0 saturated heterocycles. The van der Waals surface area contributed by atoms with Crippen LogP contribution in [0.15, 0.2) is 66.9 Å². The van der Waals surface area contributed by atoms with Crippen LogP contribution in [0.3, 0.4) is 0 Å². The number of benzene rings is 3. The summed E-state index contributed by atoms with van der Waals surface area (Å²) in [6, 6.07) is 23.0. The fourth-order valence-electron chi connectivity index (χ4n) is 5.48. The van der Waals surface area contributed by atoms with E-state index in [1.807, 2.05) is 17.5 Å². The Morgan fingerprint density at radius 2 is 1.67 bits per heavy atom. The van der Waals surface area contributed by atoms with Crippen LogP contribution in [0.1, 0.15) is 54.9 Å². The molecule has 0 fully saturated rings. The predicted molar refractivity (Wildman–Crippen MR) is 143 cm³/mol. The highest BCUT2D eigenvalue weighted by Gasteiger charge is 2.15. The zero-order valence-electron chi connectivity index (χ0n) is 19.6. The number of nitrogens with zero attached hydrogens (tertiary/aromatic N) is 1. The average Bonchev–Trinajstić information content (AvgIpc) is 3.21. The van der Waals surface area contributed by atoms with Gasteiger partial charge in [0.15, 0.2) is 0 Å². The van der Waals surface area contributed by atoms with Crippen molar-refractivity contribution >= 4 is 31.5 Å². The van der Waals surface area contributed by atoms with Crippen molar-refractivity contribution in [2.45, 2.75) is 52.4 Å². The van der Waals surface area contributed by atoms with Crippen LogP contribution in [0, 0.1) is 6.92 Å². The van der Waals surface area contributed by atoms with Crippen LogP contribution in [-0.4, -0.2) is 4.98 Å². The summed E-state index contributed by atoms with van der Waals surface area (Å²) in [5.41, 5.74) is 10.8. The Hall–Kier alpha value is -2.97. The molecule has 6 rings (SSSR count). The Kier molecular flexibility index (Phi) is 5.07. The third kappa shape index (κ3) is 3.57. The van der Waals surface area contributed by atoms with Gasteiger partial charge in [-0.1, -0.05) is 50.2 Å². The van der Waals surface area contributed by atoms with Crippen molar-refractivity contribution in [2.24, 2.45) is 0 Å². The first-order valence-corrected chi connectivity index (χ1v) is 12.9. The highest BCUT2D eigenvalue weighted by molar-refractivity contribution is 7.25. The van der Waals surface area contributed by atoms with Gasteiger partial charge in [-0.15, -0.1) is 11.3 Å². The van der Waals surface area contributed by atoms with Gasteiger partial charge in [0.05, 0.1) is 5.69 Å². The van der Waals surface area contributed by atoms with Crippen molar-refractivity contribution in [1.29, 1.82) is 0 Å². The smallest absolute Gasteiger partial charge is 0.0705 e. The second-order valence-electron chi connectivity index (χ2n) is 9.76. The second kappa shape index (κ2) is 8.11. The number of aryl methyl sites for hydroxylation is 2. The first-order valence-electron chi connectivity index (χ1n) is 12.1. The van der Waals surface area contributed by atoms with E-state index in [9.17, 15) is 0 Å². The molecule has 2 aromatic heterocycles. The first-order chi connectivity index (χ1) is 16.1. The number of aromatic nitrogens is 1. The van der Waals surface area contributed by atoms with Crippen LogP contribution >= 0.6 is 11.3 Å². The van der Waals surface area contributed by atoms with Crippen LogP contribution in [0.4, 0.5) is 0 Å². The van der Waals surface area contributed by atoms with Crippen LogP contribution in [0.2, 0.25) is 0 Å². The molecule has 2 heteroatoms. The Balaban J connectivity index is 1.46. The number of pyridine rings is 1. The van der Waals surface area contributed by atoms with Gasteiger partial charge in [-0.2, -0.15) is 0 Å². The van der Waals surface area contributed by atoms with E-state index < -0.39 is 0 Å². The van der Waals surface area contributed by atoms with E-state index >= 15 is 0 Å². The number of rotatable bonds is 3. The van der Waals surface area contributed by atoms with Crippen LogP contribution in [0.5, 0.6) is 0 Å². The lowest BCUT2D eigenvalue weighted by atomic mass is 9.86. The first kappa shape index (κ1) is 20.6. The van der Waals surface area contributed by atoms with Gasteiger partial charge in [-0.05, 0) is 96.2 Å². The van der Waals surface area contributed by atoms with Crippen molar-refractivity contribution in [3.63, 3.8) is 0 Å². The maximum Gasteiger partial charge on any atom is 0.0705 e. The molecule has 1 aliphatic rings. The van der Waals surface area contributed by atoms with Crippen molar-refractivity contribution in [3.8, 4) is 22.4 Å². The van der Waals surface area contributed by atoms with Crippen molar-refractivity contribution < 1.29 is 0 Å². The van der Waals surface area contributed by atoms with Crippen molar-refractivity contribution in [3.05, 3.63) is 89.1 Å². The lowest BCUT2D eigenvalue weighted by Crippen LogP contribution is -2.04. The third-order valence-corrected chi connectivity index (χ3v) is 8.37. The fourth-order valence-corrected chi connectivity index (χ4v) is 6.60. The molecule has 0 saturated carbocycles. The number of fused-ring (bicyclic) bond motifs is 4. The second-order valence-corrected chi connectivity index (χ2v) is 10.8. The van der Waals surface area contributed by atoms with E-state index in [2.05, 4.69) is 81.4 Å². The Labute approximate surface area is 200 Å². The molecule has 0 N–H and O–H groups in total. The highest BCUT2D eigenvalue weighted by atomic mass is 32.1. The maximum atomic E-state index is 4.76. The summed E-state index contributed by atoms with van der Waals surface area (Å²) in [7, 11) is 0. The van der Waals surface area contributed by atoms with Crippen LogP contribution in [0.25, 0.3) is 42.6 Å². The van der Waals surface area contributed by atoms with Crippen molar-refractivity contribution in [1.82, 2.24) is 4.98 Å². The lowest BCUT2D eigenvalue weighted by molar-refractivity contribution is 0.687. The van der Waals surface area contributed by atoms with Gasteiger partial charge in [-0.3, -0.25) is 4.98 Å². The summed E-state index contributed by atoms with van der Waals surface area (Å²) in [4.78, 5) is 4.76. The molecule has 0 spiro atoms. The molecule has 3 aromatic carbocycles. The van der Waals surface area contributed by atoms with Gasteiger partial charge in [0, 0.05) is 31.9 Å². The minimum absolute atomic E-state index is 0.500. The van der Waals surface area contributed by atoms with Crippen LogP contribution < -0.4 is 0 Å². The summed E-state index contributed by atoms with van der Waals surface area (Å²) in [5, 5.41) is 2.68. The standard InChI is InChI=1S/C31H29NS/c1-19(2)27-17-29(32-18-20(27)3)23-12-14-30-28(15-23)26-13-11-22(16-31(26)33-30)25-10-6-8-21-7-4-5-9-24(21)25/h6,8,10-19H,4-5,7,9H2,1-3H3. The summed E-state index contributed by atoms with van der Waals surface area (Å²) in [5.74, 6) is 0.500. The van der Waals surface area contributed by atoms with E-state index in [1.54, 1.807) is 11.1 Å². The maximum absolute atomic E-state index is 4.76. The Morgan fingerprint density at radius 1 is 0.818 bits per heavy atom. The number of hydrogen-bond acceptors (Lipinski definition) is 2. The SMILES string of the molecule is Cc1cnc(-c2ccc3sc4cc(-c5cccc6c5CCCC6)ccc4c3c2)cc1C(C)C. The zero-order valence-corrected chi connectivity index (χ0v) is 20.4. The van der Waals surface area contributed by atoms with E-state index in [0.717, 1.165) is 5.69 Å². The molecule has 33 heavy (non-hydrogen) atoms. The molecule has 164 valence electrons. The molecule has 1 aliphatic carbocycles. The molecule has 0 atom stereocenters. The minimum atomic E-state index is 0.500. The summed E-state index contributed by atoms with van der Waals surface area (Å²) in [6.07, 6.45) is 7.09. The monoisotopic (exact) mass is 447 g/mol. The normalized spacial score (nSPS) is 13.7. The third-order valence-electron chi connectivity index (χ3n) is 7.24. The summed E-state index contributed by atoms with van der Waals surface area (Å²) in [6.45, 7) is 6.66. The van der Waals surface area contributed by atoms with Gasteiger partial charge in [-0.25, -0.2) is 0 Å². The van der Waals surface area contributed by atoms with E-state index in [1.165, 1.54) is 73.7 Å². The highest BCUT2D eigenvalue weighted by Crippen LogP contribution is 2.40. The molecule has 5 aromatic rings. The molecular weight excluding hydrogens is 418 g/mol. The van der Waals surface area contributed by atoms with Crippen LogP contribution in [-0.2, 0) is 12.8 Å². The molecule has 0 unspecified atom stereocenters. The molecule has 0 aliphatic heterocycles.